The number of nitrogens with zero attached hydrogens (tertiary/aromatic N) is 1. The molecular formula is C17H16ClNO. The van der Waals surface area contributed by atoms with Crippen molar-refractivity contribution < 1.29 is 5.11 Å². The van der Waals surface area contributed by atoms with E-state index in [-0.39, 0.29) is 6.61 Å². The minimum atomic E-state index is 0.0574. The number of aliphatic hydroxyl groups excluding tert-OH is 1. The quantitative estimate of drug-likeness (QED) is 0.768. The van der Waals surface area contributed by atoms with Crippen LogP contribution < -0.4 is 0 Å². The van der Waals surface area contributed by atoms with Crippen LogP contribution in [0.4, 0.5) is 0 Å². The largest absolute Gasteiger partial charge is 0.392 e. The molecule has 1 N–H and O–H groups in total. The van der Waals surface area contributed by atoms with E-state index in [1.165, 1.54) is 0 Å². The first kappa shape index (κ1) is 13.2. The lowest BCUT2D eigenvalue weighted by atomic mass is 10.1. The molecule has 20 heavy (non-hydrogen) atoms. The van der Waals surface area contributed by atoms with Crippen molar-refractivity contribution in [1.29, 1.82) is 0 Å². The summed E-state index contributed by atoms with van der Waals surface area (Å²) in [6.07, 6.45) is 0. The highest BCUT2D eigenvalue weighted by molar-refractivity contribution is 6.31. The first-order valence-corrected chi connectivity index (χ1v) is 7.01. The van der Waals surface area contributed by atoms with Gasteiger partial charge in [0.15, 0.2) is 0 Å². The van der Waals surface area contributed by atoms with Crippen LogP contribution in [0, 0.1) is 6.92 Å². The van der Waals surface area contributed by atoms with Gasteiger partial charge < -0.3 is 9.67 Å². The standard InChI is InChI=1S/C17H16ClNO/c1-12-15(11-20)14-7-3-5-9-17(14)19(12)10-13-6-2-4-8-16(13)18/h2-9,20H,10-11H2,1H3. The van der Waals surface area contributed by atoms with Gasteiger partial charge in [0.2, 0.25) is 0 Å². The molecule has 0 amide bonds. The lowest BCUT2D eigenvalue weighted by molar-refractivity contribution is 0.282. The van der Waals surface area contributed by atoms with Crippen LogP contribution in [0.15, 0.2) is 48.5 Å². The summed E-state index contributed by atoms with van der Waals surface area (Å²) in [6, 6.07) is 16.0. The average molecular weight is 286 g/mol. The Bertz CT molecular complexity index is 761. The SMILES string of the molecule is Cc1c(CO)c2ccccc2n1Cc1ccccc1Cl. The number of aliphatic hydroxyl groups is 1. The van der Waals surface area contributed by atoms with E-state index in [1.807, 2.05) is 43.3 Å². The van der Waals surface area contributed by atoms with E-state index in [2.05, 4.69) is 16.7 Å². The molecule has 3 heteroatoms. The van der Waals surface area contributed by atoms with Gasteiger partial charge in [-0.2, -0.15) is 0 Å². The summed E-state index contributed by atoms with van der Waals surface area (Å²) in [4.78, 5) is 0. The van der Waals surface area contributed by atoms with Gasteiger partial charge in [0.25, 0.3) is 0 Å². The molecule has 0 atom stereocenters. The molecule has 0 aliphatic heterocycles. The fourth-order valence-electron chi connectivity index (χ4n) is 2.70. The summed E-state index contributed by atoms with van der Waals surface area (Å²) >= 11 is 6.26. The molecule has 0 aliphatic carbocycles. The lowest BCUT2D eigenvalue weighted by Crippen LogP contribution is -2.03. The van der Waals surface area contributed by atoms with Crippen molar-refractivity contribution in [3.63, 3.8) is 0 Å². The van der Waals surface area contributed by atoms with Crippen molar-refractivity contribution in [1.82, 2.24) is 4.57 Å². The van der Waals surface area contributed by atoms with Crippen LogP contribution in [0.2, 0.25) is 5.02 Å². The maximum atomic E-state index is 9.61. The maximum Gasteiger partial charge on any atom is 0.0705 e. The van der Waals surface area contributed by atoms with Crippen LogP contribution >= 0.6 is 11.6 Å². The number of para-hydroxylation sites is 1. The first-order valence-electron chi connectivity index (χ1n) is 6.63. The molecule has 0 aliphatic rings. The first-order chi connectivity index (χ1) is 9.72. The van der Waals surface area contributed by atoms with Gasteiger partial charge in [0.1, 0.15) is 0 Å². The topological polar surface area (TPSA) is 25.2 Å². The zero-order valence-corrected chi connectivity index (χ0v) is 12.1. The number of hydrogen-bond acceptors (Lipinski definition) is 1. The van der Waals surface area contributed by atoms with Crippen LogP contribution in [0.3, 0.4) is 0 Å². The highest BCUT2D eigenvalue weighted by atomic mass is 35.5. The van der Waals surface area contributed by atoms with Gasteiger partial charge >= 0.3 is 0 Å². The predicted octanol–water partition coefficient (Wildman–Crippen LogP) is 4.14. The molecule has 2 aromatic carbocycles. The monoisotopic (exact) mass is 285 g/mol. The molecule has 2 nitrogen and oxygen atoms in total. The Morgan fingerprint density at radius 3 is 2.50 bits per heavy atom. The molecule has 0 saturated carbocycles. The fourth-order valence-corrected chi connectivity index (χ4v) is 2.90. The molecule has 0 saturated heterocycles. The van der Waals surface area contributed by atoms with Gasteiger partial charge in [0, 0.05) is 33.7 Å². The van der Waals surface area contributed by atoms with Gasteiger partial charge in [0.05, 0.1) is 6.61 Å². The van der Waals surface area contributed by atoms with Gasteiger partial charge in [-0.3, -0.25) is 0 Å². The summed E-state index contributed by atoms with van der Waals surface area (Å²) in [7, 11) is 0. The molecule has 0 unspecified atom stereocenters. The molecule has 0 spiro atoms. The van der Waals surface area contributed by atoms with Gasteiger partial charge in [-0.05, 0) is 24.6 Å². The second-order valence-corrected chi connectivity index (χ2v) is 5.32. The third kappa shape index (κ3) is 2.11. The van der Waals surface area contributed by atoms with E-state index >= 15 is 0 Å². The summed E-state index contributed by atoms with van der Waals surface area (Å²) < 4.78 is 2.21. The highest BCUT2D eigenvalue weighted by Crippen LogP contribution is 2.28. The van der Waals surface area contributed by atoms with Crippen molar-refractivity contribution in [2.75, 3.05) is 0 Å². The van der Waals surface area contributed by atoms with Crippen LogP contribution in [-0.2, 0) is 13.2 Å². The summed E-state index contributed by atoms with van der Waals surface area (Å²) in [6.45, 7) is 2.82. The minimum absolute atomic E-state index is 0.0574. The molecule has 0 bridgehead atoms. The molecule has 102 valence electrons. The number of aromatic nitrogens is 1. The molecule has 1 heterocycles. The summed E-state index contributed by atoms with van der Waals surface area (Å²) in [5, 5.41) is 11.5. The van der Waals surface area contributed by atoms with Crippen molar-refractivity contribution in [3.8, 4) is 0 Å². The van der Waals surface area contributed by atoms with Gasteiger partial charge in [-0.1, -0.05) is 48.0 Å². The minimum Gasteiger partial charge on any atom is -0.392 e. The van der Waals surface area contributed by atoms with Gasteiger partial charge in [-0.15, -0.1) is 0 Å². The van der Waals surface area contributed by atoms with Crippen LogP contribution in [0.5, 0.6) is 0 Å². The predicted molar refractivity (Wildman–Crippen MR) is 83.2 cm³/mol. The summed E-state index contributed by atoms with van der Waals surface area (Å²) in [5.41, 5.74) is 4.30. The molecule has 0 fully saturated rings. The van der Waals surface area contributed by atoms with E-state index in [1.54, 1.807) is 0 Å². The van der Waals surface area contributed by atoms with Crippen molar-refractivity contribution >= 4 is 22.5 Å². The Balaban J connectivity index is 2.17. The third-order valence-electron chi connectivity index (χ3n) is 3.81. The second-order valence-electron chi connectivity index (χ2n) is 4.92. The Labute approximate surface area is 123 Å². The summed E-state index contributed by atoms with van der Waals surface area (Å²) in [5.74, 6) is 0. The molecular weight excluding hydrogens is 270 g/mol. The number of halogens is 1. The van der Waals surface area contributed by atoms with E-state index in [4.69, 9.17) is 11.6 Å². The van der Waals surface area contributed by atoms with Crippen LogP contribution in [0.1, 0.15) is 16.8 Å². The normalized spacial score (nSPS) is 11.2. The van der Waals surface area contributed by atoms with E-state index in [9.17, 15) is 5.11 Å². The molecule has 3 rings (SSSR count). The van der Waals surface area contributed by atoms with E-state index < -0.39 is 0 Å². The Morgan fingerprint density at radius 2 is 1.75 bits per heavy atom. The molecule has 1 aromatic heterocycles. The lowest BCUT2D eigenvalue weighted by Gasteiger charge is -2.10. The van der Waals surface area contributed by atoms with Gasteiger partial charge in [-0.25, -0.2) is 0 Å². The zero-order chi connectivity index (χ0) is 14.1. The van der Waals surface area contributed by atoms with E-state index in [0.29, 0.717) is 6.54 Å². The van der Waals surface area contributed by atoms with Crippen molar-refractivity contribution in [3.05, 3.63) is 70.4 Å². The second kappa shape index (κ2) is 5.31. The average Bonchev–Trinajstić information content (AvgIpc) is 2.74. The molecule has 0 radical (unpaired) electrons. The van der Waals surface area contributed by atoms with Crippen molar-refractivity contribution in [2.45, 2.75) is 20.1 Å². The third-order valence-corrected chi connectivity index (χ3v) is 4.17. The smallest absolute Gasteiger partial charge is 0.0705 e. The fraction of sp³-hybridized carbons (Fsp3) is 0.176. The zero-order valence-electron chi connectivity index (χ0n) is 11.3. The van der Waals surface area contributed by atoms with Crippen LogP contribution in [0.25, 0.3) is 10.9 Å². The number of fused-ring (bicyclic) bond motifs is 1. The Kier molecular flexibility index (Phi) is 3.51. The number of benzene rings is 2. The molecule has 3 aromatic rings. The number of hydrogen-bond donors (Lipinski definition) is 1. The Hall–Kier alpha value is -1.77. The maximum absolute atomic E-state index is 9.61. The Morgan fingerprint density at radius 1 is 1.05 bits per heavy atom. The van der Waals surface area contributed by atoms with Crippen molar-refractivity contribution in [2.24, 2.45) is 0 Å². The number of rotatable bonds is 3. The van der Waals surface area contributed by atoms with E-state index in [0.717, 1.165) is 32.7 Å². The highest BCUT2D eigenvalue weighted by Gasteiger charge is 2.13. The van der Waals surface area contributed by atoms with Crippen LogP contribution in [-0.4, -0.2) is 9.67 Å².